The molecule has 1 aliphatic rings. The molecule has 0 amide bonds. The summed E-state index contributed by atoms with van der Waals surface area (Å²) in [6.07, 6.45) is 1.05. The van der Waals surface area contributed by atoms with Crippen LogP contribution in [0.15, 0.2) is 18.2 Å². The van der Waals surface area contributed by atoms with Crippen molar-refractivity contribution in [1.82, 2.24) is 5.32 Å². The average Bonchev–Trinajstić information content (AvgIpc) is 2.26. The number of fused-ring (bicyclic) bond motifs is 1. The summed E-state index contributed by atoms with van der Waals surface area (Å²) < 4.78 is 5.27. The zero-order valence-corrected chi connectivity index (χ0v) is 11.1. The first-order valence-corrected chi connectivity index (χ1v) is 6.16. The molecule has 3 heteroatoms. The maximum Gasteiger partial charge on any atom is 0.119 e. The molecule has 0 saturated carbocycles. The Bertz CT molecular complexity index is 396. The SMILES string of the molecule is COc1ccc2c(c1)CC(NC(C)(C)C)CN2. The Morgan fingerprint density at radius 1 is 1.35 bits per heavy atom. The van der Waals surface area contributed by atoms with Crippen LogP contribution in [0.4, 0.5) is 5.69 Å². The van der Waals surface area contributed by atoms with Gasteiger partial charge in [0.15, 0.2) is 0 Å². The van der Waals surface area contributed by atoms with E-state index in [1.807, 2.05) is 6.07 Å². The van der Waals surface area contributed by atoms with Gasteiger partial charge in [-0.3, -0.25) is 0 Å². The predicted octanol–water partition coefficient (Wildman–Crippen LogP) is 2.42. The maximum atomic E-state index is 5.27. The lowest BCUT2D eigenvalue weighted by Gasteiger charge is -2.33. The van der Waals surface area contributed by atoms with Crippen LogP contribution in [0.5, 0.6) is 5.75 Å². The summed E-state index contributed by atoms with van der Waals surface area (Å²) in [5.41, 5.74) is 2.72. The van der Waals surface area contributed by atoms with Crippen LogP contribution in [0, 0.1) is 0 Å². The van der Waals surface area contributed by atoms with E-state index >= 15 is 0 Å². The van der Waals surface area contributed by atoms with Crippen LogP contribution in [0.2, 0.25) is 0 Å². The van der Waals surface area contributed by atoms with Crippen molar-refractivity contribution in [3.8, 4) is 5.75 Å². The van der Waals surface area contributed by atoms with Gasteiger partial charge >= 0.3 is 0 Å². The van der Waals surface area contributed by atoms with Crippen molar-refractivity contribution >= 4 is 5.69 Å². The second kappa shape index (κ2) is 4.57. The van der Waals surface area contributed by atoms with Crippen LogP contribution in [-0.2, 0) is 6.42 Å². The lowest BCUT2D eigenvalue weighted by Crippen LogP contribution is -2.49. The van der Waals surface area contributed by atoms with Gasteiger partial charge in [0.1, 0.15) is 5.75 Å². The van der Waals surface area contributed by atoms with E-state index in [0.717, 1.165) is 18.7 Å². The van der Waals surface area contributed by atoms with Gasteiger partial charge in [0.2, 0.25) is 0 Å². The number of rotatable bonds is 2. The van der Waals surface area contributed by atoms with Crippen molar-refractivity contribution in [3.63, 3.8) is 0 Å². The molecule has 0 radical (unpaired) electrons. The third-order valence-electron chi connectivity index (χ3n) is 2.95. The molecule has 0 aliphatic carbocycles. The van der Waals surface area contributed by atoms with E-state index in [0.29, 0.717) is 6.04 Å². The van der Waals surface area contributed by atoms with Crippen LogP contribution < -0.4 is 15.4 Å². The fourth-order valence-electron chi connectivity index (χ4n) is 2.32. The first kappa shape index (κ1) is 12.2. The Morgan fingerprint density at radius 3 is 2.76 bits per heavy atom. The van der Waals surface area contributed by atoms with Crippen LogP contribution in [0.1, 0.15) is 26.3 Å². The van der Waals surface area contributed by atoms with E-state index in [4.69, 9.17) is 4.74 Å². The first-order valence-electron chi connectivity index (χ1n) is 6.16. The molecular formula is C14H22N2O. The van der Waals surface area contributed by atoms with Crippen molar-refractivity contribution in [2.24, 2.45) is 0 Å². The summed E-state index contributed by atoms with van der Waals surface area (Å²) >= 11 is 0. The summed E-state index contributed by atoms with van der Waals surface area (Å²) in [4.78, 5) is 0. The molecule has 1 atom stereocenters. The molecule has 1 heterocycles. The molecule has 17 heavy (non-hydrogen) atoms. The molecule has 1 aromatic carbocycles. The Morgan fingerprint density at radius 2 is 2.12 bits per heavy atom. The first-order chi connectivity index (χ1) is 7.98. The Labute approximate surface area is 104 Å². The molecule has 2 rings (SSSR count). The zero-order chi connectivity index (χ0) is 12.5. The highest BCUT2D eigenvalue weighted by Crippen LogP contribution is 2.26. The van der Waals surface area contributed by atoms with Crippen molar-refractivity contribution in [2.75, 3.05) is 19.0 Å². The summed E-state index contributed by atoms with van der Waals surface area (Å²) in [5, 5.41) is 7.10. The second-order valence-corrected chi connectivity index (χ2v) is 5.70. The maximum absolute atomic E-state index is 5.27. The van der Waals surface area contributed by atoms with Gasteiger partial charge < -0.3 is 15.4 Å². The van der Waals surface area contributed by atoms with Crippen LogP contribution >= 0.6 is 0 Å². The van der Waals surface area contributed by atoms with Crippen molar-refractivity contribution in [1.29, 1.82) is 0 Å². The molecule has 1 aromatic rings. The molecule has 0 bridgehead atoms. The van der Waals surface area contributed by atoms with E-state index in [1.165, 1.54) is 11.3 Å². The van der Waals surface area contributed by atoms with E-state index < -0.39 is 0 Å². The molecule has 1 unspecified atom stereocenters. The van der Waals surface area contributed by atoms with E-state index in [2.05, 4.69) is 43.5 Å². The van der Waals surface area contributed by atoms with E-state index in [1.54, 1.807) is 7.11 Å². The van der Waals surface area contributed by atoms with E-state index in [9.17, 15) is 0 Å². The Balaban J connectivity index is 2.11. The van der Waals surface area contributed by atoms with E-state index in [-0.39, 0.29) is 5.54 Å². The Hall–Kier alpha value is -1.22. The van der Waals surface area contributed by atoms with Crippen molar-refractivity contribution in [3.05, 3.63) is 23.8 Å². The van der Waals surface area contributed by atoms with Crippen molar-refractivity contribution < 1.29 is 4.74 Å². The molecule has 0 aromatic heterocycles. The summed E-state index contributed by atoms with van der Waals surface area (Å²) in [6.45, 7) is 7.59. The fraction of sp³-hybridized carbons (Fsp3) is 0.571. The van der Waals surface area contributed by atoms with Crippen LogP contribution in [-0.4, -0.2) is 25.2 Å². The highest BCUT2D eigenvalue weighted by Gasteiger charge is 2.22. The number of nitrogens with one attached hydrogen (secondary N) is 2. The molecule has 0 fully saturated rings. The Kier molecular flexibility index (Phi) is 3.29. The molecule has 3 nitrogen and oxygen atoms in total. The molecule has 1 aliphatic heterocycles. The number of ether oxygens (including phenoxy) is 1. The monoisotopic (exact) mass is 234 g/mol. The third kappa shape index (κ3) is 3.13. The zero-order valence-electron chi connectivity index (χ0n) is 11.1. The largest absolute Gasteiger partial charge is 0.497 e. The minimum absolute atomic E-state index is 0.155. The lowest BCUT2D eigenvalue weighted by atomic mass is 9.97. The van der Waals surface area contributed by atoms with Crippen LogP contribution in [0.25, 0.3) is 0 Å². The summed E-state index contributed by atoms with van der Waals surface area (Å²) in [7, 11) is 1.71. The van der Waals surface area contributed by atoms with Crippen molar-refractivity contribution in [2.45, 2.75) is 38.8 Å². The van der Waals surface area contributed by atoms with Gasteiger partial charge in [-0.2, -0.15) is 0 Å². The van der Waals surface area contributed by atoms with Gasteiger partial charge in [-0.15, -0.1) is 0 Å². The topological polar surface area (TPSA) is 33.3 Å². The summed E-state index contributed by atoms with van der Waals surface area (Å²) in [5.74, 6) is 0.932. The summed E-state index contributed by atoms with van der Waals surface area (Å²) in [6, 6.07) is 6.71. The average molecular weight is 234 g/mol. The minimum atomic E-state index is 0.155. The minimum Gasteiger partial charge on any atom is -0.497 e. The normalized spacial score (nSPS) is 19.4. The predicted molar refractivity (Wildman–Crippen MR) is 71.9 cm³/mol. The van der Waals surface area contributed by atoms with Gasteiger partial charge in [0.05, 0.1) is 7.11 Å². The second-order valence-electron chi connectivity index (χ2n) is 5.70. The number of benzene rings is 1. The van der Waals surface area contributed by atoms with Gasteiger partial charge in [-0.1, -0.05) is 0 Å². The number of methoxy groups -OCH3 is 1. The van der Waals surface area contributed by atoms with Gasteiger partial charge in [-0.05, 0) is 51.0 Å². The molecule has 94 valence electrons. The molecule has 0 saturated heterocycles. The van der Waals surface area contributed by atoms with Crippen LogP contribution in [0.3, 0.4) is 0 Å². The smallest absolute Gasteiger partial charge is 0.119 e. The number of hydrogen-bond acceptors (Lipinski definition) is 3. The standard InChI is InChI=1S/C14H22N2O/c1-14(2,3)16-11-7-10-8-12(17-4)5-6-13(10)15-9-11/h5-6,8,11,15-16H,7,9H2,1-4H3. The molecular weight excluding hydrogens is 212 g/mol. The lowest BCUT2D eigenvalue weighted by molar-refractivity contribution is 0.360. The quantitative estimate of drug-likeness (QED) is 0.824. The molecule has 2 N–H and O–H groups in total. The van der Waals surface area contributed by atoms with Gasteiger partial charge in [-0.25, -0.2) is 0 Å². The third-order valence-corrected chi connectivity index (χ3v) is 2.95. The number of hydrogen-bond donors (Lipinski definition) is 2. The fourth-order valence-corrected chi connectivity index (χ4v) is 2.32. The number of anilines is 1. The van der Waals surface area contributed by atoms with Gasteiger partial charge in [0.25, 0.3) is 0 Å². The highest BCUT2D eigenvalue weighted by molar-refractivity contribution is 5.56. The highest BCUT2D eigenvalue weighted by atomic mass is 16.5. The molecule has 0 spiro atoms. The van der Waals surface area contributed by atoms with Gasteiger partial charge in [0, 0.05) is 23.8 Å².